The standard InChI is InChI=1S/C11H13FN2/c1-2-9(7-8-13)14-11-6-4-3-5-10(11)12/h3-6,9,14H,2,7H2,1H3. The van der Waals surface area contributed by atoms with Gasteiger partial charge in [0.05, 0.1) is 18.2 Å². The summed E-state index contributed by atoms with van der Waals surface area (Å²) in [6.07, 6.45) is 1.20. The second kappa shape index (κ2) is 5.23. The number of benzene rings is 1. The Labute approximate surface area is 83.4 Å². The van der Waals surface area contributed by atoms with Crippen LogP contribution in [-0.2, 0) is 0 Å². The molecule has 0 amide bonds. The van der Waals surface area contributed by atoms with Crippen molar-refractivity contribution in [1.82, 2.24) is 0 Å². The average Bonchev–Trinajstić information content (AvgIpc) is 2.20. The molecule has 3 heteroatoms. The zero-order valence-corrected chi connectivity index (χ0v) is 8.13. The fraction of sp³-hybridized carbons (Fsp3) is 0.364. The van der Waals surface area contributed by atoms with Crippen LogP contribution in [0.3, 0.4) is 0 Å². The first-order valence-electron chi connectivity index (χ1n) is 4.66. The first kappa shape index (κ1) is 10.5. The number of nitriles is 1. The van der Waals surface area contributed by atoms with E-state index in [0.29, 0.717) is 12.1 Å². The van der Waals surface area contributed by atoms with E-state index in [4.69, 9.17) is 5.26 Å². The van der Waals surface area contributed by atoms with Crippen molar-refractivity contribution < 1.29 is 4.39 Å². The van der Waals surface area contributed by atoms with Gasteiger partial charge in [-0.25, -0.2) is 4.39 Å². The maximum Gasteiger partial charge on any atom is 0.146 e. The molecule has 1 rings (SSSR count). The molecule has 0 saturated heterocycles. The molecule has 0 bridgehead atoms. The van der Waals surface area contributed by atoms with Crippen molar-refractivity contribution in [2.75, 3.05) is 5.32 Å². The van der Waals surface area contributed by atoms with Gasteiger partial charge < -0.3 is 5.32 Å². The third-order valence-electron chi connectivity index (χ3n) is 2.06. The number of hydrogen-bond donors (Lipinski definition) is 1. The molecule has 0 aliphatic rings. The average molecular weight is 192 g/mol. The van der Waals surface area contributed by atoms with Crippen LogP contribution in [-0.4, -0.2) is 6.04 Å². The lowest BCUT2D eigenvalue weighted by atomic mass is 10.1. The predicted molar refractivity (Wildman–Crippen MR) is 54.3 cm³/mol. The third-order valence-corrected chi connectivity index (χ3v) is 2.06. The second-order valence-electron chi connectivity index (χ2n) is 3.09. The van der Waals surface area contributed by atoms with Crippen molar-refractivity contribution >= 4 is 5.69 Å². The van der Waals surface area contributed by atoms with Gasteiger partial charge in [-0.05, 0) is 18.6 Å². The second-order valence-corrected chi connectivity index (χ2v) is 3.09. The Bertz CT molecular complexity index is 330. The van der Waals surface area contributed by atoms with E-state index in [1.54, 1.807) is 18.2 Å². The monoisotopic (exact) mass is 192 g/mol. The van der Waals surface area contributed by atoms with Crippen molar-refractivity contribution in [3.8, 4) is 6.07 Å². The van der Waals surface area contributed by atoms with Crippen LogP contribution in [0.4, 0.5) is 10.1 Å². The Morgan fingerprint density at radius 3 is 2.79 bits per heavy atom. The SMILES string of the molecule is CCC(CC#N)Nc1ccccc1F. The van der Waals surface area contributed by atoms with Gasteiger partial charge in [-0.15, -0.1) is 0 Å². The van der Waals surface area contributed by atoms with Crippen LogP contribution in [0.5, 0.6) is 0 Å². The summed E-state index contributed by atoms with van der Waals surface area (Å²) in [6.45, 7) is 1.97. The van der Waals surface area contributed by atoms with Gasteiger partial charge in [0.2, 0.25) is 0 Å². The number of nitrogens with zero attached hydrogens (tertiary/aromatic N) is 1. The van der Waals surface area contributed by atoms with E-state index in [2.05, 4.69) is 11.4 Å². The van der Waals surface area contributed by atoms with Gasteiger partial charge in [-0.3, -0.25) is 0 Å². The summed E-state index contributed by atoms with van der Waals surface area (Å²) in [4.78, 5) is 0. The number of nitrogens with one attached hydrogen (secondary N) is 1. The molecule has 0 aliphatic heterocycles. The highest BCUT2D eigenvalue weighted by Crippen LogP contribution is 2.15. The number of hydrogen-bond acceptors (Lipinski definition) is 2. The van der Waals surface area contributed by atoms with E-state index in [9.17, 15) is 4.39 Å². The third kappa shape index (κ3) is 2.74. The Hall–Kier alpha value is -1.56. The summed E-state index contributed by atoms with van der Waals surface area (Å²) in [5.74, 6) is -0.274. The summed E-state index contributed by atoms with van der Waals surface area (Å²) >= 11 is 0. The van der Waals surface area contributed by atoms with E-state index in [-0.39, 0.29) is 11.9 Å². The lowest BCUT2D eigenvalue weighted by molar-refractivity contribution is 0.621. The Morgan fingerprint density at radius 2 is 2.21 bits per heavy atom. The Kier molecular flexibility index (Phi) is 3.93. The molecule has 1 aromatic carbocycles. The molecule has 1 N–H and O–H groups in total. The van der Waals surface area contributed by atoms with Gasteiger partial charge in [-0.1, -0.05) is 19.1 Å². The van der Waals surface area contributed by atoms with E-state index in [1.807, 2.05) is 6.92 Å². The van der Waals surface area contributed by atoms with E-state index in [0.717, 1.165) is 6.42 Å². The van der Waals surface area contributed by atoms with Gasteiger partial charge in [0.25, 0.3) is 0 Å². The van der Waals surface area contributed by atoms with Gasteiger partial charge in [0.15, 0.2) is 0 Å². The lowest BCUT2D eigenvalue weighted by Gasteiger charge is -2.15. The van der Waals surface area contributed by atoms with Crippen molar-refractivity contribution in [2.24, 2.45) is 0 Å². The van der Waals surface area contributed by atoms with Crippen molar-refractivity contribution in [3.05, 3.63) is 30.1 Å². The minimum absolute atomic E-state index is 0.0249. The number of anilines is 1. The summed E-state index contributed by atoms with van der Waals surface area (Å²) in [5, 5.41) is 11.5. The summed E-state index contributed by atoms with van der Waals surface area (Å²) in [5.41, 5.74) is 0.467. The van der Waals surface area contributed by atoms with Gasteiger partial charge in [0, 0.05) is 6.04 Å². The van der Waals surface area contributed by atoms with Crippen LogP contribution in [0.2, 0.25) is 0 Å². The van der Waals surface area contributed by atoms with Crippen LogP contribution in [0, 0.1) is 17.1 Å². The van der Waals surface area contributed by atoms with Crippen LogP contribution >= 0.6 is 0 Å². The highest BCUT2D eigenvalue weighted by molar-refractivity contribution is 5.45. The molecular formula is C11H13FN2. The van der Waals surface area contributed by atoms with E-state index in [1.165, 1.54) is 6.07 Å². The highest BCUT2D eigenvalue weighted by atomic mass is 19.1. The van der Waals surface area contributed by atoms with Gasteiger partial charge in [0.1, 0.15) is 5.82 Å². The van der Waals surface area contributed by atoms with Crippen LogP contribution in [0.15, 0.2) is 24.3 Å². The fourth-order valence-electron chi connectivity index (χ4n) is 1.21. The normalized spacial score (nSPS) is 11.8. The molecule has 0 heterocycles. The molecule has 2 nitrogen and oxygen atoms in total. The van der Waals surface area contributed by atoms with E-state index < -0.39 is 0 Å². The zero-order chi connectivity index (χ0) is 10.4. The van der Waals surface area contributed by atoms with E-state index >= 15 is 0 Å². The topological polar surface area (TPSA) is 35.8 Å². The summed E-state index contributed by atoms with van der Waals surface area (Å²) in [7, 11) is 0. The summed E-state index contributed by atoms with van der Waals surface area (Å²) < 4.78 is 13.2. The molecule has 0 radical (unpaired) electrons. The highest BCUT2D eigenvalue weighted by Gasteiger charge is 2.07. The molecule has 0 saturated carbocycles. The predicted octanol–water partition coefficient (Wildman–Crippen LogP) is 2.93. The molecule has 1 aromatic rings. The molecule has 0 aliphatic carbocycles. The molecule has 0 spiro atoms. The first-order valence-corrected chi connectivity index (χ1v) is 4.66. The maximum absolute atomic E-state index is 13.2. The molecule has 1 unspecified atom stereocenters. The van der Waals surface area contributed by atoms with Crippen LogP contribution < -0.4 is 5.32 Å². The maximum atomic E-state index is 13.2. The summed E-state index contributed by atoms with van der Waals surface area (Å²) in [6, 6.07) is 8.59. The quantitative estimate of drug-likeness (QED) is 0.796. The number of rotatable bonds is 4. The van der Waals surface area contributed by atoms with Crippen LogP contribution in [0.1, 0.15) is 19.8 Å². The molecule has 74 valence electrons. The van der Waals surface area contributed by atoms with Gasteiger partial charge >= 0.3 is 0 Å². The molecule has 0 fully saturated rings. The minimum Gasteiger partial charge on any atom is -0.379 e. The zero-order valence-electron chi connectivity index (χ0n) is 8.13. The smallest absolute Gasteiger partial charge is 0.146 e. The van der Waals surface area contributed by atoms with Gasteiger partial charge in [-0.2, -0.15) is 5.26 Å². The van der Waals surface area contributed by atoms with Crippen molar-refractivity contribution in [3.63, 3.8) is 0 Å². The Morgan fingerprint density at radius 1 is 1.50 bits per heavy atom. The van der Waals surface area contributed by atoms with Crippen LogP contribution in [0.25, 0.3) is 0 Å². The molecule has 1 atom stereocenters. The largest absolute Gasteiger partial charge is 0.379 e. The lowest BCUT2D eigenvalue weighted by Crippen LogP contribution is -2.18. The molecular weight excluding hydrogens is 179 g/mol. The minimum atomic E-state index is -0.274. The fourth-order valence-corrected chi connectivity index (χ4v) is 1.21. The number of para-hydroxylation sites is 1. The van der Waals surface area contributed by atoms with Crippen molar-refractivity contribution in [2.45, 2.75) is 25.8 Å². The molecule has 14 heavy (non-hydrogen) atoms. The van der Waals surface area contributed by atoms with Crippen molar-refractivity contribution in [1.29, 1.82) is 5.26 Å². The molecule has 0 aromatic heterocycles. The Balaban J connectivity index is 2.68. The number of halogens is 1. The first-order chi connectivity index (χ1) is 6.77.